The third-order valence-electron chi connectivity index (χ3n) is 4.92. The van der Waals surface area contributed by atoms with E-state index in [1.165, 1.54) is 18.2 Å². The smallest absolute Gasteiger partial charge is 0.233 e. The molecule has 0 bridgehead atoms. The van der Waals surface area contributed by atoms with Crippen molar-refractivity contribution >= 4 is 23.6 Å². The van der Waals surface area contributed by atoms with Crippen LogP contribution in [0.5, 0.6) is 5.75 Å². The zero-order valence-electron chi connectivity index (χ0n) is 17.7. The predicted octanol–water partition coefficient (Wildman–Crippen LogP) is 3.52. The van der Waals surface area contributed by atoms with Gasteiger partial charge >= 0.3 is 0 Å². The van der Waals surface area contributed by atoms with E-state index in [2.05, 4.69) is 34.3 Å². The number of aromatic nitrogens is 3. The maximum absolute atomic E-state index is 12.5. The first-order valence-electron chi connectivity index (χ1n) is 10.3. The van der Waals surface area contributed by atoms with Crippen LogP contribution >= 0.6 is 11.8 Å². The number of para-hydroxylation sites is 2. The summed E-state index contributed by atoms with van der Waals surface area (Å²) >= 11 is 1.42. The van der Waals surface area contributed by atoms with Crippen LogP contribution in [-0.4, -0.2) is 52.7 Å². The molecule has 2 heterocycles. The molecule has 1 aromatic heterocycles. The molecule has 1 fully saturated rings. The summed E-state index contributed by atoms with van der Waals surface area (Å²) in [6, 6.07) is 7.86. The lowest BCUT2D eigenvalue weighted by Gasteiger charge is -2.28. The number of nitrogens with one attached hydrogen (secondary N) is 1. The molecule has 1 amide bonds. The fourth-order valence-corrected chi connectivity index (χ4v) is 4.20. The zero-order valence-corrected chi connectivity index (χ0v) is 18.5. The lowest BCUT2D eigenvalue weighted by Crippen LogP contribution is -2.34. The highest BCUT2D eigenvalue weighted by Crippen LogP contribution is 2.34. The van der Waals surface area contributed by atoms with E-state index in [1.54, 1.807) is 7.11 Å². The molecule has 7 nitrogen and oxygen atoms in total. The number of methoxy groups -OCH3 is 1. The summed E-state index contributed by atoms with van der Waals surface area (Å²) in [4.78, 5) is 14.8. The molecule has 158 valence electrons. The number of ether oxygens (including phenoxy) is 1. The number of nitrogens with zero attached hydrogens (tertiary/aromatic N) is 4. The Hall–Kier alpha value is -2.22. The van der Waals surface area contributed by atoms with Crippen molar-refractivity contribution in [3.63, 3.8) is 0 Å². The number of rotatable bonds is 8. The zero-order chi connectivity index (χ0) is 20.8. The third-order valence-corrected chi connectivity index (χ3v) is 5.96. The van der Waals surface area contributed by atoms with E-state index in [9.17, 15) is 4.79 Å². The van der Waals surface area contributed by atoms with Gasteiger partial charge in [0.05, 0.1) is 18.0 Å². The van der Waals surface area contributed by atoms with Gasteiger partial charge < -0.3 is 15.0 Å². The SMILES string of the molecule is COc1ccccc1-n1c(SC(C)C(=O)NCC(C)C)nnc1N1CCCCC1. The first kappa shape index (κ1) is 21.5. The maximum atomic E-state index is 12.5. The van der Waals surface area contributed by atoms with E-state index < -0.39 is 0 Å². The second kappa shape index (κ2) is 10.0. The molecule has 3 rings (SSSR count). The summed E-state index contributed by atoms with van der Waals surface area (Å²) in [7, 11) is 1.67. The highest BCUT2D eigenvalue weighted by atomic mass is 32.2. The van der Waals surface area contributed by atoms with Gasteiger partial charge in [-0.3, -0.25) is 9.36 Å². The molecule has 0 spiro atoms. The second-order valence-electron chi connectivity index (χ2n) is 7.74. The van der Waals surface area contributed by atoms with Crippen molar-refractivity contribution in [3.8, 4) is 11.4 Å². The molecule has 29 heavy (non-hydrogen) atoms. The first-order chi connectivity index (χ1) is 14.0. The van der Waals surface area contributed by atoms with Gasteiger partial charge in [0.25, 0.3) is 0 Å². The summed E-state index contributed by atoms with van der Waals surface area (Å²) in [5, 5.41) is 12.4. The third kappa shape index (κ3) is 5.23. The van der Waals surface area contributed by atoms with Gasteiger partial charge in [0.15, 0.2) is 5.16 Å². The monoisotopic (exact) mass is 417 g/mol. The summed E-state index contributed by atoms with van der Waals surface area (Å²) < 4.78 is 7.63. The topological polar surface area (TPSA) is 72.3 Å². The van der Waals surface area contributed by atoms with Gasteiger partial charge in [-0.05, 0) is 44.2 Å². The normalized spacial score (nSPS) is 15.4. The quantitative estimate of drug-likeness (QED) is 0.663. The van der Waals surface area contributed by atoms with E-state index >= 15 is 0 Å². The lowest BCUT2D eigenvalue weighted by atomic mass is 10.1. The highest BCUT2D eigenvalue weighted by Gasteiger charge is 2.26. The van der Waals surface area contributed by atoms with Gasteiger partial charge in [-0.25, -0.2) is 0 Å². The number of amides is 1. The molecule has 1 atom stereocenters. The number of benzene rings is 1. The van der Waals surface area contributed by atoms with Crippen LogP contribution < -0.4 is 15.0 Å². The summed E-state index contributed by atoms with van der Waals surface area (Å²) in [5.41, 5.74) is 0.887. The lowest BCUT2D eigenvalue weighted by molar-refractivity contribution is -0.120. The molecule has 1 saturated heterocycles. The summed E-state index contributed by atoms with van der Waals surface area (Å²) in [6.45, 7) is 8.66. The molecule has 1 aliphatic heterocycles. The number of thioether (sulfide) groups is 1. The van der Waals surface area contributed by atoms with E-state index in [-0.39, 0.29) is 11.2 Å². The van der Waals surface area contributed by atoms with Gasteiger partial charge in [0.2, 0.25) is 11.9 Å². The predicted molar refractivity (Wildman–Crippen MR) is 117 cm³/mol. The Morgan fingerprint density at radius 3 is 2.59 bits per heavy atom. The first-order valence-corrected chi connectivity index (χ1v) is 11.2. The summed E-state index contributed by atoms with van der Waals surface area (Å²) in [5.74, 6) is 1.99. The average molecular weight is 418 g/mol. The van der Waals surface area contributed by atoms with Gasteiger partial charge in [-0.2, -0.15) is 0 Å². The molecule has 8 heteroatoms. The van der Waals surface area contributed by atoms with Gasteiger partial charge in [0.1, 0.15) is 5.75 Å². The van der Waals surface area contributed by atoms with Gasteiger partial charge in [-0.15, -0.1) is 10.2 Å². The molecule has 1 aliphatic rings. The van der Waals surface area contributed by atoms with Crippen molar-refractivity contribution in [2.24, 2.45) is 5.92 Å². The number of hydrogen-bond donors (Lipinski definition) is 1. The van der Waals surface area contributed by atoms with Crippen molar-refractivity contribution < 1.29 is 9.53 Å². The minimum atomic E-state index is -0.277. The molecule has 1 N–H and O–H groups in total. The Bertz CT molecular complexity index is 817. The highest BCUT2D eigenvalue weighted by molar-refractivity contribution is 8.00. The standard InChI is InChI=1S/C21H31N5O2S/c1-15(2)14-22-19(27)16(3)29-21-24-23-20(25-12-8-5-9-13-25)26(21)17-10-6-7-11-18(17)28-4/h6-7,10-11,15-16H,5,8-9,12-14H2,1-4H3,(H,22,27). The van der Waals surface area contributed by atoms with Crippen molar-refractivity contribution in [1.29, 1.82) is 0 Å². The van der Waals surface area contributed by atoms with Crippen molar-refractivity contribution in [2.45, 2.75) is 50.4 Å². The fourth-order valence-electron chi connectivity index (χ4n) is 3.32. The van der Waals surface area contributed by atoms with Crippen LogP contribution in [0.3, 0.4) is 0 Å². The van der Waals surface area contributed by atoms with Crippen molar-refractivity contribution in [2.75, 3.05) is 31.6 Å². The van der Waals surface area contributed by atoms with Crippen LogP contribution in [0, 0.1) is 5.92 Å². The van der Waals surface area contributed by atoms with Gasteiger partial charge in [-0.1, -0.05) is 37.7 Å². The van der Waals surface area contributed by atoms with Crippen LogP contribution in [0.25, 0.3) is 5.69 Å². The molecule has 2 aromatic rings. The minimum absolute atomic E-state index is 0.0119. The molecule has 1 unspecified atom stereocenters. The average Bonchev–Trinajstić information content (AvgIpc) is 3.15. The maximum Gasteiger partial charge on any atom is 0.233 e. The number of carbonyl (C=O) groups is 1. The molecule has 1 aromatic carbocycles. The van der Waals surface area contributed by atoms with E-state index in [0.717, 1.165) is 43.3 Å². The molecule has 0 radical (unpaired) electrons. The number of carbonyl (C=O) groups excluding carboxylic acids is 1. The Morgan fingerprint density at radius 1 is 1.17 bits per heavy atom. The van der Waals surface area contributed by atoms with Crippen molar-refractivity contribution in [3.05, 3.63) is 24.3 Å². The number of hydrogen-bond acceptors (Lipinski definition) is 6. The number of anilines is 1. The Labute approximate surface area is 177 Å². The largest absolute Gasteiger partial charge is 0.495 e. The minimum Gasteiger partial charge on any atom is -0.495 e. The molecular weight excluding hydrogens is 386 g/mol. The van der Waals surface area contributed by atoms with E-state index in [1.807, 2.05) is 35.8 Å². The molecular formula is C21H31N5O2S. The van der Waals surface area contributed by atoms with Crippen LogP contribution in [-0.2, 0) is 4.79 Å². The molecule has 0 aliphatic carbocycles. The Balaban J connectivity index is 1.92. The molecule has 0 saturated carbocycles. The fraction of sp³-hybridized carbons (Fsp3) is 0.571. The number of piperidine rings is 1. The Kier molecular flexibility index (Phi) is 7.41. The second-order valence-corrected chi connectivity index (χ2v) is 9.04. The summed E-state index contributed by atoms with van der Waals surface area (Å²) in [6.07, 6.45) is 3.54. The van der Waals surface area contributed by atoms with E-state index in [4.69, 9.17) is 4.74 Å². The Morgan fingerprint density at radius 2 is 1.90 bits per heavy atom. The van der Waals surface area contributed by atoms with Gasteiger partial charge in [0, 0.05) is 19.6 Å². The van der Waals surface area contributed by atoms with Crippen LogP contribution in [0.4, 0.5) is 5.95 Å². The van der Waals surface area contributed by atoms with Crippen molar-refractivity contribution in [1.82, 2.24) is 20.1 Å². The van der Waals surface area contributed by atoms with E-state index in [0.29, 0.717) is 17.6 Å². The van der Waals surface area contributed by atoms with Crippen LogP contribution in [0.15, 0.2) is 29.4 Å². The van der Waals surface area contributed by atoms with Crippen LogP contribution in [0.1, 0.15) is 40.0 Å². The van der Waals surface area contributed by atoms with Crippen LogP contribution in [0.2, 0.25) is 0 Å².